The van der Waals surface area contributed by atoms with Crippen molar-refractivity contribution in [2.24, 2.45) is 5.73 Å². The molecule has 0 radical (unpaired) electrons. The van der Waals surface area contributed by atoms with Gasteiger partial charge in [0.1, 0.15) is 0 Å². The van der Waals surface area contributed by atoms with E-state index in [1.807, 2.05) is 10.9 Å². The lowest BCUT2D eigenvalue weighted by atomic mass is 9.81. The van der Waals surface area contributed by atoms with Gasteiger partial charge in [0.2, 0.25) is 0 Å². The average molecular weight is 238 g/mol. The van der Waals surface area contributed by atoms with Crippen LogP contribution in [0.5, 0.6) is 0 Å². The van der Waals surface area contributed by atoms with E-state index in [9.17, 15) is 0 Å². The maximum absolute atomic E-state index is 6.47. The van der Waals surface area contributed by atoms with E-state index in [4.69, 9.17) is 5.73 Å². The van der Waals surface area contributed by atoms with Crippen molar-refractivity contribution < 1.29 is 0 Å². The molecule has 0 aliphatic rings. The van der Waals surface area contributed by atoms with Gasteiger partial charge in [-0.15, -0.1) is 0 Å². The van der Waals surface area contributed by atoms with E-state index in [2.05, 4.69) is 51.1 Å². The molecule has 0 saturated carbocycles. The fourth-order valence-electron chi connectivity index (χ4n) is 2.62. The molecule has 4 nitrogen and oxygen atoms in total. The van der Waals surface area contributed by atoms with Gasteiger partial charge in [-0.3, -0.25) is 4.68 Å². The number of hydrogen-bond donors (Lipinski definition) is 1. The van der Waals surface area contributed by atoms with Gasteiger partial charge in [-0.25, -0.2) is 0 Å². The van der Waals surface area contributed by atoms with E-state index < -0.39 is 0 Å². The Kier molecular flexibility index (Phi) is 4.71. The van der Waals surface area contributed by atoms with Crippen LogP contribution in [0.4, 0.5) is 0 Å². The Hall–Kier alpha value is -0.870. The van der Waals surface area contributed by atoms with Crippen molar-refractivity contribution in [2.75, 3.05) is 14.1 Å². The van der Waals surface area contributed by atoms with Gasteiger partial charge < -0.3 is 10.6 Å². The molecule has 0 bridgehead atoms. The van der Waals surface area contributed by atoms with Gasteiger partial charge in [-0.05, 0) is 33.9 Å². The first-order valence-electron chi connectivity index (χ1n) is 6.47. The Labute approximate surface area is 105 Å². The van der Waals surface area contributed by atoms with Crippen LogP contribution in [0.15, 0.2) is 12.4 Å². The third kappa shape index (κ3) is 2.53. The summed E-state index contributed by atoms with van der Waals surface area (Å²) >= 11 is 0. The zero-order chi connectivity index (χ0) is 13.1. The first-order valence-corrected chi connectivity index (χ1v) is 6.47. The van der Waals surface area contributed by atoms with Crippen LogP contribution >= 0.6 is 0 Å². The number of aryl methyl sites for hydroxylation is 1. The number of hydrogen-bond acceptors (Lipinski definition) is 3. The summed E-state index contributed by atoms with van der Waals surface area (Å²) in [6.45, 7) is 7.38. The van der Waals surface area contributed by atoms with Crippen LogP contribution in [0.2, 0.25) is 0 Å². The van der Waals surface area contributed by atoms with Crippen LogP contribution in [-0.2, 0) is 6.54 Å². The summed E-state index contributed by atoms with van der Waals surface area (Å²) in [5.74, 6) is 0. The number of aromatic nitrogens is 2. The van der Waals surface area contributed by atoms with E-state index in [0.717, 1.165) is 24.9 Å². The third-order valence-electron chi connectivity index (χ3n) is 4.03. The fourth-order valence-corrected chi connectivity index (χ4v) is 2.62. The molecule has 2 N–H and O–H groups in total. The Morgan fingerprint density at radius 3 is 2.29 bits per heavy atom. The van der Waals surface area contributed by atoms with Gasteiger partial charge in [0.05, 0.1) is 12.2 Å². The minimum absolute atomic E-state index is 0.00722. The SMILES string of the molecule is CCn1cc(C(N)C(CC)(CC)N(C)C)cn1. The van der Waals surface area contributed by atoms with Crippen molar-refractivity contribution in [3.63, 3.8) is 0 Å². The van der Waals surface area contributed by atoms with E-state index in [0.29, 0.717) is 0 Å². The van der Waals surface area contributed by atoms with Gasteiger partial charge in [0.15, 0.2) is 0 Å². The lowest BCUT2D eigenvalue weighted by molar-refractivity contribution is 0.106. The van der Waals surface area contributed by atoms with Crippen molar-refractivity contribution in [1.82, 2.24) is 14.7 Å². The lowest BCUT2D eigenvalue weighted by Gasteiger charge is -2.43. The highest BCUT2D eigenvalue weighted by atomic mass is 15.3. The maximum atomic E-state index is 6.47. The minimum atomic E-state index is 0.00722. The molecule has 1 aromatic heterocycles. The topological polar surface area (TPSA) is 47.1 Å². The van der Waals surface area contributed by atoms with Crippen LogP contribution in [-0.4, -0.2) is 34.3 Å². The maximum Gasteiger partial charge on any atom is 0.0538 e. The predicted octanol–water partition coefficient (Wildman–Crippen LogP) is 2.02. The number of rotatable bonds is 6. The van der Waals surface area contributed by atoms with Crippen molar-refractivity contribution in [3.8, 4) is 0 Å². The van der Waals surface area contributed by atoms with Crippen LogP contribution in [0.25, 0.3) is 0 Å². The molecule has 0 saturated heterocycles. The van der Waals surface area contributed by atoms with Crippen molar-refractivity contribution >= 4 is 0 Å². The Bertz CT molecular complexity index is 339. The van der Waals surface area contributed by atoms with Crippen LogP contribution in [0.3, 0.4) is 0 Å². The summed E-state index contributed by atoms with van der Waals surface area (Å²) < 4.78 is 1.93. The second kappa shape index (κ2) is 5.65. The molecule has 0 aliphatic carbocycles. The molecule has 1 rings (SSSR count). The largest absolute Gasteiger partial charge is 0.322 e. The van der Waals surface area contributed by atoms with E-state index in [1.54, 1.807) is 0 Å². The van der Waals surface area contributed by atoms with Gasteiger partial charge >= 0.3 is 0 Å². The molecule has 0 amide bonds. The molecule has 4 heteroatoms. The summed E-state index contributed by atoms with van der Waals surface area (Å²) in [6.07, 6.45) is 6.04. The Balaban J connectivity index is 3.02. The van der Waals surface area contributed by atoms with E-state index in [-0.39, 0.29) is 11.6 Å². The van der Waals surface area contributed by atoms with Gasteiger partial charge in [-0.1, -0.05) is 13.8 Å². The van der Waals surface area contributed by atoms with Gasteiger partial charge in [-0.2, -0.15) is 5.10 Å². The number of nitrogens with two attached hydrogens (primary N) is 1. The first kappa shape index (κ1) is 14.2. The summed E-state index contributed by atoms with van der Waals surface area (Å²) in [6, 6.07) is 0.00722. The monoisotopic (exact) mass is 238 g/mol. The fraction of sp³-hybridized carbons (Fsp3) is 0.769. The first-order chi connectivity index (χ1) is 8.01. The van der Waals surface area contributed by atoms with Crippen molar-refractivity contribution in [3.05, 3.63) is 18.0 Å². The molecule has 0 fully saturated rings. The smallest absolute Gasteiger partial charge is 0.0538 e. The Morgan fingerprint density at radius 1 is 1.35 bits per heavy atom. The van der Waals surface area contributed by atoms with Crippen LogP contribution < -0.4 is 5.73 Å². The molecule has 1 atom stereocenters. The minimum Gasteiger partial charge on any atom is -0.322 e. The highest BCUT2D eigenvalue weighted by Gasteiger charge is 2.36. The van der Waals surface area contributed by atoms with Gasteiger partial charge in [0, 0.05) is 23.8 Å². The van der Waals surface area contributed by atoms with E-state index >= 15 is 0 Å². The summed E-state index contributed by atoms with van der Waals surface area (Å²) in [5, 5.41) is 4.32. The van der Waals surface area contributed by atoms with Crippen molar-refractivity contribution in [1.29, 1.82) is 0 Å². The Morgan fingerprint density at radius 2 is 1.94 bits per heavy atom. The summed E-state index contributed by atoms with van der Waals surface area (Å²) in [5.41, 5.74) is 7.61. The molecular weight excluding hydrogens is 212 g/mol. The summed E-state index contributed by atoms with van der Waals surface area (Å²) in [7, 11) is 4.22. The molecule has 1 aromatic rings. The van der Waals surface area contributed by atoms with Crippen molar-refractivity contribution in [2.45, 2.75) is 51.7 Å². The normalized spacial score (nSPS) is 14.3. The lowest BCUT2D eigenvalue weighted by Crippen LogP contribution is -2.51. The quantitative estimate of drug-likeness (QED) is 0.825. The van der Waals surface area contributed by atoms with Crippen LogP contribution in [0.1, 0.15) is 45.2 Å². The van der Waals surface area contributed by atoms with E-state index in [1.165, 1.54) is 0 Å². The summed E-state index contributed by atoms with van der Waals surface area (Å²) in [4.78, 5) is 2.25. The second-order valence-electron chi connectivity index (χ2n) is 4.81. The zero-order valence-electron chi connectivity index (χ0n) is 11.8. The number of likely N-dealkylation sites (N-methyl/N-ethyl adjacent to an activating group) is 1. The predicted molar refractivity (Wildman–Crippen MR) is 71.8 cm³/mol. The second-order valence-corrected chi connectivity index (χ2v) is 4.81. The van der Waals surface area contributed by atoms with Gasteiger partial charge in [0.25, 0.3) is 0 Å². The zero-order valence-corrected chi connectivity index (χ0v) is 11.8. The highest BCUT2D eigenvalue weighted by molar-refractivity contribution is 5.17. The standard InChI is InChI=1S/C13H26N4/c1-6-13(7-2,16(4)5)12(14)11-9-15-17(8-3)10-11/h9-10,12H,6-8,14H2,1-5H3. The molecule has 1 heterocycles. The van der Waals surface area contributed by atoms with Crippen LogP contribution in [0, 0.1) is 0 Å². The molecule has 98 valence electrons. The molecule has 1 unspecified atom stereocenters. The molecule has 0 aromatic carbocycles. The molecule has 0 aliphatic heterocycles. The number of nitrogens with zero attached hydrogens (tertiary/aromatic N) is 3. The highest BCUT2D eigenvalue weighted by Crippen LogP contribution is 2.33. The molecule has 17 heavy (non-hydrogen) atoms. The molecule has 0 spiro atoms. The molecular formula is C13H26N4. The third-order valence-corrected chi connectivity index (χ3v) is 4.03. The average Bonchev–Trinajstić information content (AvgIpc) is 2.79.